The zero-order valence-electron chi connectivity index (χ0n) is 16.4. The number of fused-ring (bicyclic) bond motifs is 1. The number of anilines is 1. The molecule has 3 heterocycles. The number of aryl methyl sites for hydroxylation is 1. The van der Waals surface area contributed by atoms with E-state index in [0.717, 1.165) is 4.73 Å². The Hall–Kier alpha value is -3.59. The van der Waals surface area contributed by atoms with E-state index in [9.17, 15) is 13.6 Å². The van der Waals surface area contributed by atoms with Crippen molar-refractivity contribution in [1.29, 1.82) is 0 Å². The maximum Gasteiger partial charge on any atom is 0.290 e. The van der Waals surface area contributed by atoms with Crippen molar-refractivity contribution in [3.8, 4) is 22.8 Å². The van der Waals surface area contributed by atoms with Crippen molar-refractivity contribution in [1.82, 2.24) is 9.97 Å². The number of para-hydroxylation sites is 1. The number of pyridine rings is 2. The van der Waals surface area contributed by atoms with E-state index in [1.807, 2.05) is 18.2 Å². The second-order valence-electron chi connectivity index (χ2n) is 6.73. The molecule has 8 nitrogen and oxygen atoms in total. The lowest BCUT2D eigenvalue weighted by atomic mass is 10.0. The Morgan fingerprint density at radius 2 is 1.93 bits per heavy atom. The van der Waals surface area contributed by atoms with Gasteiger partial charge >= 0.3 is 0 Å². The van der Waals surface area contributed by atoms with Crippen molar-refractivity contribution in [3.63, 3.8) is 0 Å². The highest BCUT2D eigenvalue weighted by molar-refractivity contribution is 7.92. The number of H-pyrrole nitrogens is 1. The van der Waals surface area contributed by atoms with Crippen LogP contribution in [0.15, 0.2) is 60.9 Å². The summed E-state index contributed by atoms with van der Waals surface area (Å²) in [6.45, 7) is 3.26. The zero-order chi connectivity index (χ0) is 21.3. The normalized spacial score (nSPS) is 11.5. The third-order valence-corrected chi connectivity index (χ3v) is 5.95. The molecule has 1 aromatic carbocycles. The summed E-state index contributed by atoms with van der Waals surface area (Å²) >= 11 is 0. The van der Waals surface area contributed by atoms with Crippen LogP contribution in [-0.2, 0) is 10.0 Å². The van der Waals surface area contributed by atoms with E-state index >= 15 is 0 Å². The van der Waals surface area contributed by atoms with Gasteiger partial charge < -0.3 is 9.94 Å². The van der Waals surface area contributed by atoms with Gasteiger partial charge in [0.2, 0.25) is 15.9 Å². The van der Waals surface area contributed by atoms with Crippen molar-refractivity contribution in [3.05, 3.63) is 71.8 Å². The van der Waals surface area contributed by atoms with Gasteiger partial charge in [-0.05, 0) is 44.2 Å². The van der Waals surface area contributed by atoms with Crippen LogP contribution >= 0.6 is 0 Å². The molecule has 0 amide bonds. The standard InChI is InChI=1S/C21H20N4O4S/c1-3-30(27,28)24-15-12-19(21(23-13-15)29-16-7-5-4-6-8-16)18-11-14(2)25(26)20-17(18)9-10-22-20/h4-13,22,24H,3H2,1-2H3. The predicted octanol–water partition coefficient (Wildman–Crippen LogP) is 3.73. The molecule has 0 bridgehead atoms. The number of aromatic amines is 1. The van der Waals surface area contributed by atoms with Crippen LogP contribution in [0.25, 0.3) is 22.2 Å². The van der Waals surface area contributed by atoms with E-state index < -0.39 is 10.0 Å². The van der Waals surface area contributed by atoms with Crippen molar-refractivity contribution in [2.75, 3.05) is 10.5 Å². The van der Waals surface area contributed by atoms with Crippen LogP contribution in [0.2, 0.25) is 0 Å². The lowest BCUT2D eigenvalue weighted by Crippen LogP contribution is -2.31. The molecule has 154 valence electrons. The minimum Gasteiger partial charge on any atom is -0.710 e. The molecule has 2 N–H and O–H groups in total. The fourth-order valence-corrected chi connectivity index (χ4v) is 3.74. The molecular weight excluding hydrogens is 404 g/mol. The molecule has 0 aliphatic rings. The molecule has 0 aliphatic heterocycles. The van der Waals surface area contributed by atoms with Crippen LogP contribution in [0.3, 0.4) is 0 Å². The second-order valence-corrected chi connectivity index (χ2v) is 8.74. The molecule has 0 atom stereocenters. The zero-order valence-corrected chi connectivity index (χ0v) is 17.2. The van der Waals surface area contributed by atoms with Gasteiger partial charge in [-0.15, -0.1) is 0 Å². The van der Waals surface area contributed by atoms with Crippen molar-refractivity contribution in [2.24, 2.45) is 0 Å². The number of aromatic nitrogens is 3. The van der Waals surface area contributed by atoms with E-state index in [2.05, 4.69) is 14.7 Å². The molecule has 0 fully saturated rings. The Morgan fingerprint density at radius 3 is 2.67 bits per heavy atom. The molecule has 0 aliphatic carbocycles. The molecule has 4 rings (SSSR count). The molecule has 3 aromatic heterocycles. The molecule has 0 saturated heterocycles. The third kappa shape index (κ3) is 3.79. The molecule has 0 unspecified atom stereocenters. The topological polar surface area (TPSA) is 111 Å². The lowest BCUT2D eigenvalue weighted by Gasteiger charge is -2.15. The first kappa shape index (κ1) is 19.7. The highest BCUT2D eigenvalue weighted by atomic mass is 32.2. The van der Waals surface area contributed by atoms with Gasteiger partial charge in [-0.1, -0.05) is 18.2 Å². The maximum atomic E-state index is 12.4. The smallest absolute Gasteiger partial charge is 0.290 e. The third-order valence-electron chi connectivity index (χ3n) is 4.64. The highest BCUT2D eigenvalue weighted by Crippen LogP contribution is 2.37. The summed E-state index contributed by atoms with van der Waals surface area (Å²) < 4.78 is 33.4. The Bertz CT molecular complexity index is 1320. The van der Waals surface area contributed by atoms with Crippen molar-refractivity contribution < 1.29 is 17.9 Å². The fraction of sp³-hybridized carbons (Fsp3) is 0.143. The number of ether oxygens (including phenoxy) is 1. The molecule has 0 spiro atoms. The molecular formula is C21H20N4O4S. The van der Waals surface area contributed by atoms with Gasteiger partial charge in [-0.25, -0.2) is 23.1 Å². The van der Waals surface area contributed by atoms with Crippen LogP contribution < -0.4 is 14.2 Å². The Kier molecular flexibility index (Phi) is 5.04. The van der Waals surface area contributed by atoms with E-state index in [0.29, 0.717) is 45.2 Å². The quantitative estimate of drug-likeness (QED) is 0.362. The van der Waals surface area contributed by atoms with E-state index in [1.54, 1.807) is 50.4 Å². The summed E-state index contributed by atoms with van der Waals surface area (Å²) in [5, 5.41) is 13.1. The van der Waals surface area contributed by atoms with Gasteiger partial charge in [-0.3, -0.25) is 4.72 Å². The second kappa shape index (κ2) is 7.68. The van der Waals surface area contributed by atoms with Gasteiger partial charge in [0.1, 0.15) is 11.4 Å². The Balaban J connectivity index is 1.91. The van der Waals surface area contributed by atoms with Crippen molar-refractivity contribution >= 4 is 26.7 Å². The average Bonchev–Trinajstić information content (AvgIpc) is 3.23. The van der Waals surface area contributed by atoms with Crippen LogP contribution in [-0.4, -0.2) is 24.1 Å². The first-order chi connectivity index (χ1) is 14.4. The minimum atomic E-state index is -3.48. The summed E-state index contributed by atoms with van der Waals surface area (Å²) in [4.78, 5) is 7.32. The first-order valence-electron chi connectivity index (χ1n) is 9.32. The SMILES string of the molecule is CCS(=O)(=O)Nc1cnc(Oc2ccccc2)c(-c2cc(C)[n+]([O-])c3[nH]ccc23)c1. The van der Waals surface area contributed by atoms with Gasteiger partial charge in [-0.2, -0.15) is 0 Å². The molecule has 4 aromatic rings. The first-order valence-corrected chi connectivity index (χ1v) is 11.0. The number of hydrogen-bond acceptors (Lipinski definition) is 5. The summed E-state index contributed by atoms with van der Waals surface area (Å²) in [6.07, 6.45) is 3.09. The van der Waals surface area contributed by atoms with Gasteiger partial charge in [0.05, 0.1) is 29.2 Å². The fourth-order valence-electron chi connectivity index (χ4n) is 3.12. The summed E-state index contributed by atoms with van der Waals surface area (Å²) in [5.74, 6) is 0.823. The molecule has 30 heavy (non-hydrogen) atoms. The number of nitrogens with zero attached hydrogens (tertiary/aromatic N) is 2. The monoisotopic (exact) mass is 424 g/mol. The van der Waals surface area contributed by atoms with E-state index in [4.69, 9.17) is 4.74 Å². The van der Waals surface area contributed by atoms with Gasteiger partial charge in [0, 0.05) is 11.1 Å². The number of benzene rings is 1. The van der Waals surface area contributed by atoms with E-state index in [1.165, 1.54) is 6.20 Å². The van der Waals surface area contributed by atoms with Crippen LogP contribution in [0.4, 0.5) is 5.69 Å². The summed E-state index contributed by atoms with van der Waals surface area (Å²) in [7, 11) is -3.48. The van der Waals surface area contributed by atoms with Gasteiger partial charge in [0.15, 0.2) is 0 Å². The average molecular weight is 424 g/mol. The number of rotatable bonds is 6. The van der Waals surface area contributed by atoms with Crippen LogP contribution in [0.1, 0.15) is 12.6 Å². The number of sulfonamides is 1. The Labute approximate surface area is 173 Å². The largest absolute Gasteiger partial charge is 0.710 e. The number of hydrogen-bond donors (Lipinski definition) is 2. The summed E-state index contributed by atoms with van der Waals surface area (Å²) in [6, 6.07) is 14.3. The summed E-state index contributed by atoms with van der Waals surface area (Å²) in [5.41, 5.74) is 2.45. The molecule has 9 heteroatoms. The predicted molar refractivity (Wildman–Crippen MR) is 115 cm³/mol. The van der Waals surface area contributed by atoms with E-state index in [-0.39, 0.29) is 5.75 Å². The van der Waals surface area contributed by atoms with Crippen LogP contribution in [0.5, 0.6) is 11.6 Å². The lowest BCUT2D eigenvalue weighted by molar-refractivity contribution is -0.586. The maximum absolute atomic E-state index is 12.4. The molecule has 0 saturated carbocycles. The van der Waals surface area contributed by atoms with Crippen LogP contribution in [0, 0.1) is 12.1 Å². The Morgan fingerprint density at radius 1 is 1.17 bits per heavy atom. The number of nitrogens with one attached hydrogen (secondary N) is 2. The highest BCUT2D eigenvalue weighted by Gasteiger charge is 2.19. The minimum absolute atomic E-state index is 0.0622. The molecule has 0 radical (unpaired) electrons. The van der Waals surface area contributed by atoms with Crippen molar-refractivity contribution in [2.45, 2.75) is 13.8 Å². The van der Waals surface area contributed by atoms with Gasteiger partial charge in [0.25, 0.3) is 5.65 Å².